The molecule has 0 radical (unpaired) electrons. The van der Waals surface area contributed by atoms with Crippen LogP contribution in [0.5, 0.6) is 0 Å². The SMILES string of the molecule is Cc1cc(C)n(CCC(=O)OCC(=O)c2ccc(Cl)cc2)n1. The average Bonchev–Trinajstić information content (AvgIpc) is 2.81. The normalized spacial score (nSPS) is 10.5. The number of ether oxygens (including phenoxy) is 1. The fraction of sp³-hybridized carbons (Fsp3) is 0.312. The third-order valence-electron chi connectivity index (χ3n) is 3.16. The van der Waals surface area contributed by atoms with Gasteiger partial charge in [-0.3, -0.25) is 14.3 Å². The van der Waals surface area contributed by atoms with E-state index in [9.17, 15) is 9.59 Å². The van der Waals surface area contributed by atoms with Gasteiger partial charge < -0.3 is 4.74 Å². The highest BCUT2D eigenvalue weighted by Crippen LogP contribution is 2.10. The number of esters is 1. The van der Waals surface area contributed by atoms with Gasteiger partial charge in [-0.25, -0.2) is 0 Å². The van der Waals surface area contributed by atoms with Crippen LogP contribution < -0.4 is 0 Å². The molecule has 0 amide bonds. The van der Waals surface area contributed by atoms with E-state index in [1.54, 1.807) is 28.9 Å². The highest BCUT2D eigenvalue weighted by molar-refractivity contribution is 6.30. The topological polar surface area (TPSA) is 61.2 Å². The molecule has 0 saturated carbocycles. The maximum absolute atomic E-state index is 11.9. The number of aryl methyl sites for hydroxylation is 3. The van der Waals surface area contributed by atoms with Gasteiger partial charge in [0.2, 0.25) is 0 Å². The van der Waals surface area contributed by atoms with Crippen LogP contribution in [0.15, 0.2) is 30.3 Å². The van der Waals surface area contributed by atoms with E-state index in [1.807, 2.05) is 19.9 Å². The van der Waals surface area contributed by atoms with Crippen molar-refractivity contribution in [2.45, 2.75) is 26.8 Å². The van der Waals surface area contributed by atoms with Crippen LogP contribution >= 0.6 is 11.6 Å². The molecule has 116 valence electrons. The number of halogens is 1. The summed E-state index contributed by atoms with van der Waals surface area (Å²) < 4.78 is 6.74. The van der Waals surface area contributed by atoms with E-state index in [0.29, 0.717) is 17.1 Å². The third-order valence-corrected chi connectivity index (χ3v) is 3.41. The smallest absolute Gasteiger partial charge is 0.308 e. The number of ketones is 1. The Hall–Kier alpha value is -2.14. The van der Waals surface area contributed by atoms with Gasteiger partial charge in [0.1, 0.15) is 0 Å². The first-order valence-electron chi connectivity index (χ1n) is 6.91. The highest BCUT2D eigenvalue weighted by atomic mass is 35.5. The molecule has 22 heavy (non-hydrogen) atoms. The summed E-state index contributed by atoms with van der Waals surface area (Å²) in [7, 11) is 0. The van der Waals surface area contributed by atoms with Crippen molar-refractivity contribution in [2.75, 3.05) is 6.61 Å². The largest absolute Gasteiger partial charge is 0.457 e. The lowest BCUT2D eigenvalue weighted by molar-refractivity contribution is -0.142. The number of Topliss-reactive ketones (excluding diaryl/α,β-unsaturated/α-hetero) is 1. The van der Waals surface area contributed by atoms with Gasteiger partial charge in [0.05, 0.1) is 18.7 Å². The van der Waals surface area contributed by atoms with E-state index >= 15 is 0 Å². The van der Waals surface area contributed by atoms with Gasteiger partial charge >= 0.3 is 5.97 Å². The Morgan fingerprint density at radius 3 is 2.50 bits per heavy atom. The van der Waals surface area contributed by atoms with E-state index in [2.05, 4.69) is 5.10 Å². The number of carbonyl (C=O) groups is 2. The molecule has 0 saturated heterocycles. The summed E-state index contributed by atoms with van der Waals surface area (Å²) in [5.74, 6) is -0.675. The van der Waals surface area contributed by atoms with E-state index in [4.69, 9.17) is 16.3 Å². The fourth-order valence-corrected chi connectivity index (χ4v) is 2.16. The van der Waals surface area contributed by atoms with Gasteiger partial charge in [-0.15, -0.1) is 0 Å². The van der Waals surface area contributed by atoms with Gasteiger partial charge in [0, 0.05) is 16.3 Å². The Bertz CT molecular complexity index is 677. The molecule has 1 heterocycles. The summed E-state index contributed by atoms with van der Waals surface area (Å²) >= 11 is 5.75. The number of hydrogen-bond donors (Lipinski definition) is 0. The first-order valence-corrected chi connectivity index (χ1v) is 7.29. The second kappa shape index (κ2) is 7.22. The average molecular weight is 321 g/mol. The molecule has 2 aromatic rings. The number of rotatable bonds is 6. The van der Waals surface area contributed by atoms with E-state index in [0.717, 1.165) is 11.4 Å². The Kier molecular flexibility index (Phi) is 5.33. The van der Waals surface area contributed by atoms with E-state index < -0.39 is 5.97 Å². The highest BCUT2D eigenvalue weighted by Gasteiger charge is 2.11. The van der Waals surface area contributed by atoms with Crippen LogP contribution in [0.1, 0.15) is 28.2 Å². The van der Waals surface area contributed by atoms with Crippen LogP contribution in [-0.2, 0) is 16.1 Å². The molecule has 0 bridgehead atoms. The lowest BCUT2D eigenvalue weighted by atomic mass is 10.1. The fourth-order valence-electron chi connectivity index (χ4n) is 2.04. The van der Waals surface area contributed by atoms with E-state index in [-0.39, 0.29) is 18.8 Å². The third kappa shape index (κ3) is 4.43. The van der Waals surface area contributed by atoms with Crippen molar-refractivity contribution in [3.8, 4) is 0 Å². The van der Waals surface area contributed by atoms with Crippen LogP contribution in [0.2, 0.25) is 5.02 Å². The van der Waals surface area contributed by atoms with Crippen LogP contribution in [0, 0.1) is 13.8 Å². The van der Waals surface area contributed by atoms with Gasteiger partial charge in [-0.05, 0) is 44.2 Å². The second-order valence-electron chi connectivity index (χ2n) is 4.99. The number of carbonyl (C=O) groups excluding carboxylic acids is 2. The van der Waals surface area contributed by atoms with Crippen LogP contribution in [-0.4, -0.2) is 28.1 Å². The minimum atomic E-state index is -0.421. The molecule has 0 aliphatic rings. The molecule has 0 spiro atoms. The van der Waals surface area contributed by atoms with E-state index in [1.165, 1.54) is 0 Å². The predicted molar refractivity (Wildman–Crippen MR) is 83.1 cm³/mol. The summed E-state index contributed by atoms with van der Waals surface area (Å²) in [5, 5.41) is 4.82. The minimum absolute atomic E-state index is 0.176. The molecule has 6 heteroatoms. The zero-order valence-electron chi connectivity index (χ0n) is 12.5. The zero-order valence-corrected chi connectivity index (χ0v) is 13.3. The standard InChI is InChI=1S/C16H17ClN2O3/c1-11-9-12(2)19(18-11)8-7-16(21)22-10-15(20)13-3-5-14(17)6-4-13/h3-6,9H,7-8,10H2,1-2H3. The first kappa shape index (κ1) is 16.2. The van der Waals surface area contributed by atoms with Crippen LogP contribution in [0.4, 0.5) is 0 Å². The van der Waals surface area contributed by atoms with Gasteiger partial charge in [-0.1, -0.05) is 11.6 Å². The Morgan fingerprint density at radius 2 is 1.91 bits per heavy atom. The Balaban J connectivity index is 1.79. The molecule has 0 atom stereocenters. The number of aromatic nitrogens is 2. The predicted octanol–water partition coefficient (Wildman–Crippen LogP) is 2.97. The van der Waals surface area contributed by atoms with Crippen molar-refractivity contribution in [1.29, 1.82) is 0 Å². The van der Waals surface area contributed by atoms with Gasteiger partial charge in [0.25, 0.3) is 0 Å². The van der Waals surface area contributed by atoms with Gasteiger partial charge in [-0.2, -0.15) is 5.10 Å². The maximum Gasteiger partial charge on any atom is 0.308 e. The molecule has 1 aromatic heterocycles. The van der Waals surface area contributed by atoms with Crippen molar-refractivity contribution in [2.24, 2.45) is 0 Å². The lowest BCUT2D eigenvalue weighted by Crippen LogP contribution is -2.16. The number of nitrogens with zero attached hydrogens (tertiary/aromatic N) is 2. The van der Waals surface area contributed by atoms with Crippen LogP contribution in [0.25, 0.3) is 0 Å². The first-order chi connectivity index (χ1) is 10.5. The molecular weight excluding hydrogens is 304 g/mol. The zero-order chi connectivity index (χ0) is 16.1. The summed E-state index contributed by atoms with van der Waals surface area (Å²) in [5.41, 5.74) is 2.36. The van der Waals surface area contributed by atoms with Crippen molar-refractivity contribution >= 4 is 23.4 Å². The Labute approximate surface area is 133 Å². The lowest BCUT2D eigenvalue weighted by Gasteiger charge is -2.06. The Morgan fingerprint density at radius 1 is 1.23 bits per heavy atom. The molecule has 0 aliphatic carbocycles. The summed E-state index contributed by atoms with van der Waals surface area (Å²) in [6.07, 6.45) is 0.176. The van der Waals surface area contributed by atoms with Crippen molar-refractivity contribution in [3.05, 3.63) is 52.3 Å². The monoisotopic (exact) mass is 320 g/mol. The van der Waals surface area contributed by atoms with Gasteiger partial charge in [0.15, 0.2) is 12.4 Å². The molecule has 0 N–H and O–H groups in total. The molecule has 0 unspecified atom stereocenters. The quantitative estimate of drug-likeness (QED) is 0.606. The number of hydrogen-bond acceptors (Lipinski definition) is 4. The maximum atomic E-state index is 11.9. The van der Waals surface area contributed by atoms with Crippen molar-refractivity contribution in [3.63, 3.8) is 0 Å². The summed E-state index contributed by atoms with van der Waals surface area (Å²) in [4.78, 5) is 23.5. The molecule has 1 aromatic carbocycles. The molecule has 2 rings (SSSR count). The summed E-state index contributed by atoms with van der Waals surface area (Å²) in [6, 6.07) is 8.40. The van der Waals surface area contributed by atoms with Crippen molar-refractivity contribution < 1.29 is 14.3 Å². The molecule has 0 aliphatic heterocycles. The number of benzene rings is 1. The summed E-state index contributed by atoms with van der Waals surface area (Å²) in [6.45, 7) is 3.99. The second-order valence-corrected chi connectivity index (χ2v) is 5.43. The minimum Gasteiger partial charge on any atom is -0.457 e. The molecule has 5 nitrogen and oxygen atoms in total. The molecular formula is C16H17ClN2O3. The van der Waals surface area contributed by atoms with Crippen LogP contribution in [0.3, 0.4) is 0 Å². The molecule has 0 fully saturated rings. The van der Waals surface area contributed by atoms with Crippen molar-refractivity contribution in [1.82, 2.24) is 9.78 Å².